The second-order valence-electron chi connectivity index (χ2n) is 4.51. The van der Waals surface area contributed by atoms with E-state index in [0.717, 1.165) is 5.56 Å². The standard InChI is InChI=1S/C14H14Cl2N2O2S/c15-13-6-5-12(7-14(13)16)18-21(19,20)9-11-3-1-10(8-17)2-4-11/h1-7,18H,8-9,17H2. The average molecular weight is 345 g/mol. The highest BCUT2D eigenvalue weighted by atomic mass is 35.5. The van der Waals surface area contributed by atoms with Crippen LogP contribution in [0.1, 0.15) is 11.1 Å². The molecule has 0 aliphatic rings. The van der Waals surface area contributed by atoms with E-state index in [1.54, 1.807) is 18.2 Å². The first-order valence-electron chi connectivity index (χ1n) is 6.13. The minimum atomic E-state index is -3.52. The van der Waals surface area contributed by atoms with Crippen LogP contribution in [0.3, 0.4) is 0 Å². The van der Waals surface area contributed by atoms with Crippen molar-refractivity contribution in [2.45, 2.75) is 12.3 Å². The molecule has 0 radical (unpaired) electrons. The first kappa shape index (κ1) is 16.1. The van der Waals surface area contributed by atoms with Gasteiger partial charge in [0.15, 0.2) is 0 Å². The molecule has 0 saturated heterocycles. The van der Waals surface area contributed by atoms with Crippen LogP contribution in [0.25, 0.3) is 0 Å². The monoisotopic (exact) mass is 344 g/mol. The lowest BCUT2D eigenvalue weighted by atomic mass is 10.1. The van der Waals surface area contributed by atoms with Gasteiger partial charge in [-0.15, -0.1) is 0 Å². The van der Waals surface area contributed by atoms with Gasteiger partial charge in [-0.3, -0.25) is 4.72 Å². The average Bonchev–Trinajstić information content (AvgIpc) is 2.43. The van der Waals surface area contributed by atoms with Gasteiger partial charge in [0.25, 0.3) is 0 Å². The summed E-state index contributed by atoms with van der Waals surface area (Å²) >= 11 is 11.6. The molecule has 2 aromatic carbocycles. The van der Waals surface area contributed by atoms with Crippen molar-refractivity contribution < 1.29 is 8.42 Å². The summed E-state index contributed by atoms with van der Waals surface area (Å²) in [6.07, 6.45) is 0. The van der Waals surface area contributed by atoms with Gasteiger partial charge in [0.2, 0.25) is 10.0 Å². The topological polar surface area (TPSA) is 72.2 Å². The van der Waals surface area contributed by atoms with Crippen molar-refractivity contribution in [1.29, 1.82) is 0 Å². The summed E-state index contributed by atoms with van der Waals surface area (Å²) in [6, 6.07) is 11.7. The van der Waals surface area contributed by atoms with Crippen molar-refractivity contribution >= 4 is 38.9 Å². The summed E-state index contributed by atoms with van der Waals surface area (Å²) in [6.45, 7) is 0.425. The summed E-state index contributed by atoms with van der Waals surface area (Å²) in [5, 5.41) is 0.668. The van der Waals surface area contributed by atoms with E-state index in [9.17, 15) is 8.42 Å². The molecule has 4 nitrogen and oxygen atoms in total. The molecule has 0 aliphatic heterocycles. The molecule has 7 heteroatoms. The normalized spacial score (nSPS) is 11.4. The van der Waals surface area contributed by atoms with Crippen LogP contribution in [0.15, 0.2) is 42.5 Å². The molecule has 0 heterocycles. The molecule has 2 rings (SSSR count). The third-order valence-electron chi connectivity index (χ3n) is 2.81. The van der Waals surface area contributed by atoms with Gasteiger partial charge in [0.1, 0.15) is 0 Å². The number of sulfonamides is 1. The molecule has 0 bridgehead atoms. The Bertz CT molecular complexity index is 731. The summed E-state index contributed by atoms with van der Waals surface area (Å²) in [4.78, 5) is 0. The zero-order valence-corrected chi connectivity index (χ0v) is 13.3. The highest BCUT2D eigenvalue weighted by Crippen LogP contribution is 2.25. The Morgan fingerprint density at radius 2 is 1.57 bits per heavy atom. The van der Waals surface area contributed by atoms with E-state index >= 15 is 0 Å². The molecular formula is C14H14Cl2N2O2S. The predicted octanol–water partition coefficient (Wildman–Crippen LogP) is 3.39. The molecular weight excluding hydrogens is 331 g/mol. The van der Waals surface area contributed by atoms with Crippen LogP contribution in [-0.2, 0) is 22.3 Å². The highest BCUT2D eigenvalue weighted by molar-refractivity contribution is 7.91. The number of hydrogen-bond acceptors (Lipinski definition) is 3. The van der Waals surface area contributed by atoms with Crippen molar-refractivity contribution in [1.82, 2.24) is 0 Å². The molecule has 0 unspecified atom stereocenters. The Morgan fingerprint density at radius 1 is 0.952 bits per heavy atom. The van der Waals surface area contributed by atoms with Crippen LogP contribution in [0, 0.1) is 0 Å². The maximum Gasteiger partial charge on any atom is 0.236 e. The van der Waals surface area contributed by atoms with Crippen LogP contribution in [-0.4, -0.2) is 8.42 Å². The van der Waals surface area contributed by atoms with Gasteiger partial charge in [-0.25, -0.2) is 8.42 Å². The van der Waals surface area contributed by atoms with Crippen molar-refractivity contribution in [3.05, 3.63) is 63.6 Å². The molecule has 0 fully saturated rings. The summed E-state index contributed by atoms with van der Waals surface area (Å²) in [5.41, 5.74) is 7.51. The Kier molecular flexibility index (Phi) is 5.11. The predicted molar refractivity (Wildman–Crippen MR) is 87.0 cm³/mol. The molecule has 0 saturated carbocycles. The number of halogens is 2. The lowest BCUT2D eigenvalue weighted by molar-refractivity contribution is 0.600. The summed E-state index contributed by atoms with van der Waals surface area (Å²) < 4.78 is 26.7. The zero-order chi connectivity index (χ0) is 15.5. The second-order valence-corrected chi connectivity index (χ2v) is 7.05. The molecule has 0 aromatic heterocycles. The van der Waals surface area contributed by atoms with E-state index < -0.39 is 10.0 Å². The summed E-state index contributed by atoms with van der Waals surface area (Å²) in [7, 11) is -3.52. The van der Waals surface area contributed by atoms with E-state index in [2.05, 4.69) is 4.72 Å². The minimum Gasteiger partial charge on any atom is -0.326 e. The first-order chi connectivity index (χ1) is 9.89. The molecule has 0 atom stereocenters. The number of benzene rings is 2. The molecule has 0 aliphatic carbocycles. The number of anilines is 1. The quantitative estimate of drug-likeness (QED) is 0.872. The van der Waals surface area contributed by atoms with Crippen LogP contribution >= 0.6 is 23.2 Å². The fourth-order valence-corrected chi connectivity index (χ4v) is 3.25. The van der Waals surface area contributed by atoms with Crippen LogP contribution in [0.2, 0.25) is 10.0 Å². The fraction of sp³-hybridized carbons (Fsp3) is 0.143. The van der Waals surface area contributed by atoms with Gasteiger partial charge < -0.3 is 5.73 Å². The van der Waals surface area contributed by atoms with Crippen molar-refractivity contribution in [3.8, 4) is 0 Å². The third-order valence-corrected chi connectivity index (χ3v) is 4.81. The van der Waals surface area contributed by atoms with E-state index in [4.69, 9.17) is 28.9 Å². The molecule has 112 valence electrons. The molecule has 21 heavy (non-hydrogen) atoms. The van der Waals surface area contributed by atoms with Gasteiger partial charge >= 0.3 is 0 Å². The smallest absolute Gasteiger partial charge is 0.236 e. The van der Waals surface area contributed by atoms with Crippen molar-refractivity contribution in [2.24, 2.45) is 5.73 Å². The van der Waals surface area contributed by atoms with Crippen LogP contribution < -0.4 is 10.5 Å². The van der Waals surface area contributed by atoms with Crippen LogP contribution in [0.5, 0.6) is 0 Å². The number of nitrogens with one attached hydrogen (secondary N) is 1. The molecule has 0 amide bonds. The van der Waals surface area contributed by atoms with Crippen LogP contribution in [0.4, 0.5) is 5.69 Å². The maximum absolute atomic E-state index is 12.1. The van der Waals surface area contributed by atoms with Crippen molar-refractivity contribution in [3.63, 3.8) is 0 Å². The van der Waals surface area contributed by atoms with E-state index in [0.29, 0.717) is 27.8 Å². The maximum atomic E-state index is 12.1. The van der Waals surface area contributed by atoms with Crippen molar-refractivity contribution in [2.75, 3.05) is 4.72 Å². The van der Waals surface area contributed by atoms with Gasteiger partial charge in [0, 0.05) is 6.54 Å². The van der Waals surface area contributed by atoms with Gasteiger partial charge in [-0.1, -0.05) is 47.5 Å². The fourth-order valence-electron chi connectivity index (χ4n) is 1.77. The second kappa shape index (κ2) is 6.66. The molecule has 3 N–H and O–H groups in total. The minimum absolute atomic E-state index is 0.127. The molecule has 0 spiro atoms. The SMILES string of the molecule is NCc1ccc(CS(=O)(=O)Nc2ccc(Cl)c(Cl)c2)cc1. The van der Waals surface area contributed by atoms with Gasteiger partial charge in [0.05, 0.1) is 21.5 Å². The largest absolute Gasteiger partial charge is 0.326 e. The summed E-state index contributed by atoms with van der Waals surface area (Å²) in [5.74, 6) is -0.127. The zero-order valence-electron chi connectivity index (χ0n) is 11.0. The van der Waals surface area contributed by atoms with Gasteiger partial charge in [-0.2, -0.15) is 0 Å². The lowest BCUT2D eigenvalue weighted by Crippen LogP contribution is -2.15. The number of hydrogen-bond donors (Lipinski definition) is 2. The Morgan fingerprint density at radius 3 is 2.14 bits per heavy atom. The van der Waals surface area contributed by atoms with E-state index in [1.807, 2.05) is 12.1 Å². The Hall–Kier alpha value is -1.27. The van der Waals surface area contributed by atoms with E-state index in [-0.39, 0.29) is 5.75 Å². The number of nitrogens with two attached hydrogens (primary N) is 1. The molecule has 2 aromatic rings. The Balaban J connectivity index is 2.12. The Labute approximate surface area is 133 Å². The third kappa shape index (κ3) is 4.61. The lowest BCUT2D eigenvalue weighted by Gasteiger charge is -2.09. The van der Waals surface area contributed by atoms with Gasteiger partial charge in [-0.05, 0) is 29.3 Å². The highest BCUT2D eigenvalue weighted by Gasteiger charge is 2.12. The first-order valence-corrected chi connectivity index (χ1v) is 8.54. The number of rotatable bonds is 5. The van der Waals surface area contributed by atoms with E-state index in [1.165, 1.54) is 12.1 Å².